The van der Waals surface area contributed by atoms with Crippen LogP contribution in [0.15, 0.2) is 48.5 Å². The van der Waals surface area contributed by atoms with Gasteiger partial charge in [0, 0.05) is 5.56 Å². The maximum atomic E-state index is 14.3. The summed E-state index contributed by atoms with van der Waals surface area (Å²) in [5.41, 5.74) is 3.37. The Bertz CT molecular complexity index is 1010. The molecular weight excluding hydrogens is 428 g/mol. The van der Waals surface area contributed by atoms with Crippen molar-refractivity contribution in [2.45, 2.75) is 58.8 Å². The number of benzene rings is 3. The summed E-state index contributed by atoms with van der Waals surface area (Å²) in [6.07, 6.45) is 4.09. The SMILES string of the molecule is CCCOc1c(F)cc(CCc2ccc(CCc3c(F)cc(CCC)cc3F)cc2)cc1F. The Hall–Kier alpha value is -2.82. The maximum absolute atomic E-state index is 14.3. The number of hydrogen-bond acceptors (Lipinski definition) is 1. The van der Waals surface area contributed by atoms with Crippen molar-refractivity contribution < 1.29 is 22.3 Å². The predicted molar refractivity (Wildman–Crippen MR) is 124 cm³/mol. The summed E-state index contributed by atoms with van der Waals surface area (Å²) in [5.74, 6) is -2.66. The second-order valence-corrected chi connectivity index (χ2v) is 8.34. The lowest BCUT2D eigenvalue weighted by Gasteiger charge is -2.10. The molecule has 0 saturated heterocycles. The summed E-state index contributed by atoms with van der Waals surface area (Å²) in [6, 6.07) is 13.2. The van der Waals surface area contributed by atoms with Gasteiger partial charge in [-0.05, 0) is 85.0 Å². The van der Waals surface area contributed by atoms with Crippen molar-refractivity contribution in [2.75, 3.05) is 6.61 Å². The highest BCUT2D eigenvalue weighted by molar-refractivity contribution is 5.33. The van der Waals surface area contributed by atoms with Gasteiger partial charge in [-0.15, -0.1) is 0 Å². The second kappa shape index (κ2) is 11.9. The zero-order valence-electron chi connectivity index (χ0n) is 19.2. The molecule has 33 heavy (non-hydrogen) atoms. The van der Waals surface area contributed by atoms with Crippen LogP contribution in [0.5, 0.6) is 5.75 Å². The normalized spacial score (nSPS) is 11.1. The molecule has 0 spiro atoms. The van der Waals surface area contributed by atoms with E-state index in [0.717, 1.165) is 17.5 Å². The Morgan fingerprint density at radius 1 is 0.545 bits per heavy atom. The molecule has 0 aromatic heterocycles. The van der Waals surface area contributed by atoms with Crippen molar-refractivity contribution in [3.63, 3.8) is 0 Å². The highest BCUT2D eigenvalue weighted by atomic mass is 19.1. The van der Waals surface area contributed by atoms with Gasteiger partial charge < -0.3 is 4.74 Å². The summed E-state index contributed by atoms with van der Waals surface area (Å²) < 4.78 is 62.0. The quantitative estimate of drug-likeness (QED) is 0.270. The van der Waals surface area contributed by atoms with Gasteiger partial charge in [-0.1, -0.05) is 44.5 Å². The van der Waals surface area contributed by atoms with E-state index in [1.807, 2.05) is 38.1 Å². The molecule has 0 radical (unpaired) electrons. The molecule has 0 unspecified atom stereocenters. The van der Waals surface area contributed by atoms with Crippen LogP contribution in [0.2, 0.25) is 0 Å². The molecule has 0 aliphatic carbocycles. The van der Waals surface area contributed by atoms with Crippen LogP contribution in [-0.2, 0) is 32.1 Å². The minimum Gasteiger partial charge on any atom is -0.488 e. The first-order chi connectivity index (χ1) is 15.9. The zero-order chi connectivity index (χ0) is 23.8. The Morgan fingerprint density at radius 2 is 1.00 bits per heavy atom. The molecule has 3 aromatic rings. The fourth-order valence-corrected chi connectivity index (χ4v) is 3.86. The van der Waals surface area contributed by atoms with E-state index in [9.17, 15) is 17.6 Å². The smallest absolute Gasteiger partial charge is 0.190 e. The molecule has 0 amide bonds. The highest BCUT2D eigenvalue weighted by Gasteiger charge is 2.13. The van der Waals surface area contributed by atoms with Gasteiger partial charge in [0.15, 0.2) is 17.4 Å². The number of rotatable bonds is 11. The summed E-state index contributed by atoms with van der Waals surface area (Å²) in [6.45, 7) is 4.11. The van der Waals surface area contributed by atoms with E-state index in [0.29, 0.717) is 43.2 Å². The van der Waals surface area contributed by atoms with Gasteiger partial charge in [0.1, 0.15) is 11.6 Å². The monoisotopic (exact) mass is 458 g/mol. The maximum Gasteiger partial charge on any atom is 0.190 e. The van der Waals surface area contributed by atoms with Gasteiger partial charge in [0.2, 0.25) is 0 Å². The summed E-state index contributed by atoms with van der Waals surface area (Å²) in [7, 11) is 0. The standard InChI is InChI=1S/C28H30F4O/c1-3-5-21-15-24(29)23(25(30)16-21)13-12-20-8-6-19(7-9-20)10-11-22-17-26(31)28(27(32)18-22)33-14-4-2/h6-9,15-18H,3-5,10-14H2,1-2H3. The molecule has 0 aliphatic heterocycles. The molecule has 3 rings (SSSR count). The Labute approximate surface area is 193 Å². The summed E-state index contributed by atoms with van der Waals surface area (Å²) in [4.78, 5) is 0. The molecule has 0 atom stereocenters. The largest absolute Gasteiger partial charge is 0.488 e. The minimum atomic E-state index is -0.684. The molecule has 3 aromatic carbocycles. The van der Waals surface area contributed by atoms with Crippen LogP contribution in [0.4, 0.5) is 17.6 Å². The molecule has 0 heterocycles. The van der Waals surface area contributed by atoms with E-state index in [-0.39, 0.29) is 24.3 Å². The van der Waals surface area contributed by atoms with E-state index < -0.39 is 23.3 Å². The van der Waals surface area contributed by atoms with E-state index in [4.69, 9.17) is 4.74 Å². The van der Waals surface area contributed by atoms with Gasteiger partial charge in [0.25, 0.3) is 0 Å². The fraction of sp³-hybridized carbons (Fsp3) is 0.357. The molecule has 0 aliphatic rings. The van der Waals surface area contributed by atoms with Crippen molar-refractivity contribution in [2.24, 2.45) is 0 Å². The Kier molecular flexibility index (Phi) is 8.93. The first kappa shape index (κ1) is 24.8. The minimum absolute atomic E-state index is 0.120. The van der Waals surface area contributed by atoms with Crippen molar-refractivity contribution in [3.05, 3.63) is 99.6 Å². The van der Waals surface area contributed by atoms with E-state index in [2.05, 4.69) is 0 Å². The van der Waals surface area contributed by atoms with Crippen LogP contribution in [0.25, 0.3) is 0 Å². The molecule has 0 saturated carbocycles. The van der Waals surface area contributed by atoms with E-state index >= 15 is 0 Å². The second-order valence-electron chi connectivity index (χ2n) is 8.34. The van der Waals surface area contributed by atoms with Gasteiger partial charge in [-0.2, -0.15) is 0 Å². The van der Waals surface area contributed by atoms with Gasteiger partial charge in [-0.3, -0.25) is 0 Å². The average molecular weight is 459 g/mol. The zero-order valence-corrected chi connectivity index (χ0v) is 19.2. The van der Waals surface area contributed by atoms with Crippen molar-refractivity contribution in [3.8, 4) is 5.75 Å². The third-order valence-corrected chi connectivity index (χ3v) is 5.64. The molecule has 1 nitrogen and oxygen atoms in total. The number of ether oxygens (including phenoxy) is 1. The highest BCUT2D eigenvalue weighted by Crippen LogP contribution is 2.24. The van der Waals surface area contributed by atoms with Crippen LogP contribution in [0.3, 0.4) is 0 Å². The van der Waals surface area contributed by atoms with Crippen molar-refractivity contribution >= 4 is 0 Å². The van der Waals surface area contributed by atoms with Gasteiger partial charge >= 0.3 is 0 Å². The molecule has 0 bridgehead atoms. The lowest BCUT2D eigenvalue weighted by atomic mass is 9.98. The topological polar surface area (TPSA) is 9.23 Å². The number of halogens is 4. The molecule has 5 heteroatoms. The lowest BCUT2D eigenvalue weighted by Crippen LogP contribution is -2.02. The summed E-state index contributed by atoms with van der Waals surface area (Å²) in [5, 5.41) is 0. The average Bonchev–Trinajstić information content (AvgIpc) is 2.77. The van der Waals surface area contributed by atoms with E-state index in [1.165, 1.54) is 24.3 Å². The third kappa shape index (κ3) is 6.83. The molecular formula is C28H30F4O. The van der Waals surface area contributed by atoms with Gasteiger partial charge in [0.05, 0.1) is 6.61 Å². The van der Waals surface area contributed by atoms with Crippen molar-refractivity contribution in [1.82, 2.24) is 0 Å². The molecule has 176 valence electrons. The Morgan fingerprint density at radius 3 is 1.52 bits per heavy atom. The Balaban J connectivity index is 1.57. The van der Waals surface area contributed by atoms with Crippen LogP contribution in [0, 0.1) is 23.3 Å². The fourth-order valence-electron chi connectivity index (χ4n) is 3.86. The number of aryl methyl sites for hydroxylation is 4. The number of hydrogen-bond donors (Lipinski definition) is 0. The van der Waals surface area contributed by atoms with Crippen LogP contribution in [-0.4, -0.2) is 6.61 Å². The van der Waals surface area contributed by atoms with Crippen LogP contribution in [0.1, 0.15) is 54.5 Å². The predicted octanol–water partition coefficient (Wildman–Crippen LogP) is 7.55. The first-order valence-corrected chi connectivity index (χ1v) is 11.6. The lowest BCUT2D eigenvalue weighted by molar-refractivity contribution is 0.284. The summed E-state index contributed by atoms with van der Waals surface area (Å²) >= 11 is 0. The molecule has 0 N–H and O–H groups in total. The third-order valence-electron chi connectivity index (χ3n) is 5.64. The van der Waals surface area contributed by atoms with Crippen LogP contribution >= 0.6 is 0 Å². The van der Waals surface area contributed by atoms with Crippen molar-refractivity contribution in [1.29, 1.82) is 0 Å². The van der Waals surface area contributed by atoms with E-state index in [1.54, 1.807) is 0 Å². The van der Waals surface area contributed by atoms with Crippen LogP contribution < -0.4 is 4.74 Å². The first-order valence-electron chi connectivity index (χ1n) is 11.6. The molecule has 0 fully saturated rings. The van der Waals surface area contributed by atoms with Gasteiger partial charge in [-0.25, -0.2) is 17.6 Å².